The number of nitrogens with two attached hydrogens (primary N) is 1. The van der Waals surface area contributed by atoms with Crippen molar-refractivity contribution in [1.82, 2.24) is 0 Å². The van der Waals surface area contributed by atoms with Gasteiger partial charge in [0.25, 0.3) is 0 Å². The highest BCUT2D eigenvalue weighted by molar-refractivity contribution is 6.31. The van der Waals surface area contributed by atoms with Crippen LogP contribution >= 0.6 is 11.6 Å². The number of halogens is 2. The summed E-state index contributed by atoms with van der Waals surface area (Å²) in [4.78, 5) is 0. The minimum Gasteiger partial charge on any atom is -0.490 e. The van der Waals surface area contributed by atoms with Crippen molar-refractivity contribution >= 4 is 11.6 Å². The van der Waals surface area contributed by atoms with Gasteiger partial charge in [-0.15, -0.1) is 0 Å². The van der Waals surface area contributed by atoms with Gasteiger partial charge in [0, 0.05) is 5.02 Å². The van der Waals surface area contributed by atoms with Crippen molar-refractivity contribution in [3.8, 4) is 16.9 Å². The third-order valence-electron chi connectivity index (χ3n) is 5.99. The molecular formula is C27H29ClFNO2. The fourth-order valence-electron chi connectivity index (χ4n) is 4.26. The van der Waals surface area contributed by atoms with Crippen LogP contribution in [0.5, 0.6) is 5.75 Å². The highest BCUT2D eigenvalue weighted by Crippen LogP contribution is 2.32. The van der Waals surface area contributed by atoms with Crippen LogP contribution in [0.1, 0.15) is 36.8 Å². The molecule has 1 aliphatic carbocycles. The van der Waals surface area contributed by atoms with Gasteiger partial charge in [0.1, 0.15) is 11.6 Å². The maximum Gasteiger partial charge on any atom is 0.123 e. The quantitative estimate of drug-likeness (QED) is 0.420. The van der Waals surface area contributed by atoms with E-state index in [4.69, 9.17) is 26.8 Å². The summed E-state index contributed by atoms with van der Waals surface area (Å²) in [5.74, 6) is 0.563. The summed E-state index contributed by atoms with van der Waals surface area (Å²) in [5, 5.41) is 0.747. The number of benzene rings is 3. The maximum absolute atomic E-state index is 13.8. The molecule has 0 atom stereocenters. The Bertz CT molecular complexity index is 1030. The molecule has 0 radical (unpaired) electrons. The number of ether oxygens (including phenoxy) is 2. The van der Waals surface area contributed by atoms with E-state index < -0.39 is 0 Å². The first kappa shape index (κ1) is 22.8. The second-order valence-corrected chi connectivity index (χ2v) is 8.69. The van der Waals surface area contributed by atoms with Crippen molar-refractivity contribution in [3.05, 3.63) is 88.7 Å². The van der Waals surface area contributed by atoms with E-state index in [-0.39, 0.29) is 18.0 Å². The number of rotatable bonds is 8. The molecule has 0 aliphatic heterocycles. The summed E-state index contributed by atoms with van der Waals surface area (Å²) in [6.07, 6.45) is 4.89. The van der Waals surface area contributed by atoms with E-state index in [0.717, 1.165) is 65.1 Å². The molecule has 3 aromatic carbocycles. The zero-order valence-corrected chi connectivity index (χ0v) is 18.9. The summed E-state index contributed by atoms with van der Waals surface area (Å²) in [5.41, 5.74) is 9.72. The molecule has 0 heterocycles. The van der Waals surface area contributed by atoms with Crippen molar-refractivity contribution in [2.24, 2.45) is 5.73 Å². The molecule has 2 N–H and O–H groups in total. The lowest BCUT2D eigenvalue weighted by Gasteiger charge is -2.29. The molecule has 3 aromatic rings. The molecule has 5 heteroatoms. The van der Waals surface area contributed by atoms with E-state index in [9.17, 15) is 4.39 Å². The Morgan fingerprint density at radius 2 is 1.66 bits per heavy atom. The molecular weight excluding hydrogens is 425 g/mol. The normalized spacial score (nSPS) is 18.5. The average Bonchev–Trinajstić information content (AvgIpc) is 2.81. The van der Waals surface area contributed by atoms with E-state index in [2.05, 4.69) is 0 Å². The second-order valence-electron chi connectivity index (χ2n) is 8.29. The first-order valence-electron chi connectivity index (χ1n) is 11.2. The van der Waals surface area contributed by atoms with Crippen molar-refractivity contribution in [1.29, 1.82) is 0 Å². The standard InChI is InChI=1S/C27H29ClFNO2/c28-27-7-2-1-4-21(27)18-31-23-10-12-24(13-11-23)32-25-9-8-19(14-15-30)26(17-25)20-5-3-6-22(29)16-20/h1-9,16-17,23-24H,10-15,18,30H2. The zero-order valence-electron chi connectivity index (χ0n) is 18.1. The fourth-order valence-corrected chi connectivity index (χ4v) is 4.45. The molecule has 0 unspecified atom stereocenters. The van der Waals surface area contributed by atoms with Crippen LogP contribution in [0.4, 0.5) is 4.39 Å². The second kappa shape index (κ2) is 11.0. The van der Waals surface area contributed by atoms with Crippen LogP contribution in [0.25, 0.3) is 11.1 Å². The first-order valence-corrected chi connectivity index (χ1v) is 11.6. The van der Waals surface area contributed by atoms with Crippen LogP contribution < -0.4 is 10.5 Å². The Morgan fingerprint density at radius 1 is 0.875 bits per heavy atom. The third-order valence-corrected chi connectivity index (χ3v) is 6.36. The Morgan fingerprint density at radius 3 is 2.41 bits per heavy atom. The summed E-state index contributed by atoms with van der Waals surface area (Å²) in [6, 6.07) is 20.5. The van der Waals surface area contributed by atoms with Crippen LogP contribution in [0, 0.1) is 5.82 Å². The van der Waals surface area contributed by atoms with Gasteiger partial charge in [-0.3, -0.25) is 0 Å². The van der Waals surface area contributed by atoms with Crippen LogP contribution in [0.3, 0.4) is 0 Å². The topological polar surface area (TPSA) is 44.5 Å². The molecule has 0 amide bonds. The van der Waals surface area contributed by atoms with Gasteiger partial charge >= 0.3 is 0 Å². The highest BCUT2D eigenvalue weighted by Gasteiger charge is 2.23. The number of hydrogen-bond donors (Lipinski definition) is 1. The summed E-state index contributed by atoms with van der Waals surface area (Å²) in [6.45, 7) is 1.08. The smallest absolute Gasteiger partial charge is 0.123 e. The Labute approximate surface area is 194 Å². The predicted molar refractivity (Wildman–Crippen MR) is 128 cm³/mol. The zero-order chi connectivity index (χ0) is 22.3. The molecule has 32 heavy (non-hydrogen) atoms. The minimum atomic E-state index is -0.248. The lowest BCUT2D eigenvalue weighted by molar-refractivity contribution is -0.00658. The summed E-state index contributed by atoms with van der Waals surface area (Å²) in [7, 11) is 0. The summed E-state index contributed by atoms with van der Waals surface area (Å²) < 4.78 is 26.2. The van der Waals surface area contributed by atoms with E-state index in [1.165, 1.54) is 6.07 Å². The molecule has 0 aromatic heterocycles. The highest BCUT2D eigenvalue weighted by atomic mass is 35.5. The Balaban J connectivity index is 1.36. The van der Waals surface area contributed by atoms with Gasteiger partial charge < -0.3 is 15.2 Å². The van der Waals surface area contributed by atoms with E-state index in [0.29, 0.717) is 13.2 Å². The first-order chi connectivity index (χ1) is 15.6. The lowest BCUT2D eigenvalue weighted by Crippen LogP contribution is -2.28. The van der Waals surface area contributed by atoms with Crippen molar-refractivity contribution in [2.45, 2.75) is 50.9 Å². The Hall–Kier alpha value is -2.40. The molecule has 0 spiro atoms. The predicted octanol–water partition coefficient (Wildman–Crippen LogP) is 6.55. The van der Waals surface area contributed by atoms with Gasteiger partial charge in [-0.25, -0.2) is 4.39 Å². The summed E-state index contributed by atoms with van der Waals surface area (Å²) >= 11 is 6.22. The Kier molecular flexibility index (Phi) is 7.80. The SMILES string of the molecule is NCCc1ccc(OC2CCC(OCc3ccccc3Cl)CC2)cc1-c1cccc(F)c1. The van der Waals surface area contributed by atoms with Crippen LogP contribution in [0.2, 0.25) is 5.02 Å². The monoisotopic (exact) mass is 453 g/mol. The van der Waals surface area contributed by atoms with E-state index in [1.54, 1.807) is 12.1 Å². The van der Waals surface area contributed by atoms with Gasteiger partial charge in [0.15, 0.2) is 0 Å². The third kappa shape index (κ3) is 5.89. The molecule has 1 fully saturated rings. The molecule has 1 saturated carbocycles. The lowest BCUT2D eigenvalue weighted by atomic mass is 9.94. The number of hydrogen-bond acceptors (Lipinski definition) is 3. The van der Waals surface area contributed by atoms with Gasteiger partial charge in [-0.05, 0) is 91.2 Å². The van der Waals surface area contributed by atoms with Gasteiger partial charge in [0.2, 0.25) is 0 Å². The van der Waals surface area contributed by atoms with Crippen LogP contribution in [0.15, 0.2) is 66.7 Å². The minimum absolute atomic E-state index is 0.149. The van der Waals surface area contributed by atoms with Crippen LogP contribution in [-0.4, -0.2) is 18.8 Å². The molecule has 1 aliphatic rings. The maximum atomic E-state index is 13.8. The molecule has 0 bridgehead atoms. The average molecular weight is 454 g/mol. The van der Waals surface area contributed by atoms with Crippen molar-refractivity contribution in [3.63, 3.8) is 0 Å². The molecule has 3 nitrogen and oxygen atoms in total. The largest absolute Gasteiger partial charge is 0.490 e. The van der Waals surface area contributed by atoms with E-state index in [1.807, 2.05) is 48.5 Å². The van der Waals surface area contributed by atoms with Crippen molar-refractivity contribution in [2.75, 3.05) is 6.54 Å². The molecule has 168 valence electrons. The molecule has 4 rings (SSSR count). The molecule has 0 saturated heterocycles. The van der Waals surface area contributed by atoms with Crippen LogP contribution in [-0.2, 0) is 17.8 Å². The fraction of sp³-hybridized carbons (Fsp3) is 0.333. The van der Waals surface area contributed by atoms with Crippen molar-refractivity contribution < 1.29 is 13.9 Å². The van der Waals surface area contributed by atoms with Gasteiger partial charge in [0.05, 0.1) is 18.8 Å². The van der Waals surface area contributed by atoms with E-state index >= 15 is 0 Å². The van der Waals surface area contributed by atoms with Gasteiger partial charge in [-0.2, -0.15) is 0 Å². The van der Waals surface area contributed by atoms with Gasteiger partial charge in [-0.1, -0.05) is 48.0 Å².